The average Bonchev–Trinajstić information content (AvgIpc) is 2.53. The van der Waals surface area contributed by atoms with Crippen molar-refractivity contribution in [2.45, 2.75) is 25.8 Å². The van der Waals surface area contributed by atoms with E-state index in [1.807, 2.05) is 7.05 Å². The van der Waals surface area contributed by atoms with Crippen molar-refractivity contribution < 1.29 is 9.18 Å². The summed E-state index contributed by atoms with van der Waals surface area (Å²) in [5, 5.41) is 5.99. The number of amides is 1. The van der Waals surface area contributed by atoms with Gasteiger partial charge in [0.05, 0.1) is 6.54 Å². The normalized spacial score (nSPS) is 15.9. The molecule has 1 amide bonds. The lowest BCUT2D eigenvalue weighted by Crippen LogP contribution is -2.41. The van der Waals surface area contributed by atoms with Gasteiger partial charge < -0.3 is 10.6 Å². The Morgan fingerprint density at radius 1 is 1.30 bits per heavy atom. The Morgan fingerprint density at radius 2 is 2.00 bits per heavy atom. The molecule has 1 aromatic carbocycles. The highest BCUT2D eigenvalue weighted by molar-refractivity contribution is 5.85. The van der Waals surface area contributed by atoms with E-state index in [0.29, 0.717) is 12.1 Å². The Bertz CT molecular complexity index is 479. The van der Waals surface area contributed by atoms with E-state index in [0.717, 1.165) is 38.4 Å². The van der Waals surface area contributed by atoms with Gasteiger partial charge in [0.1, 0.15) is 5.82 Å². The second-order valence-electron chi connectivity index (χ2n) is 5.98. The zero-order valence-electron chi connectivity index (χ0n) is 13.7. The Balaban J connectivity index is 0.00000264. The highest BCUT2D eigenvalue weighted by Gasteiger charge is 2.20. The third-order valence-corrected chi connectivity index (χ3v) is 4.31. The second-order valence-corrected chi connectivity index (χ2v) is 5.98. The molecule has 0 radical (unpaired) electrons. The number of hydrogen-bond donors (Lipinski definition) is 2. The van der Waals surface area contributed by atoms with Gasteiger partial charge in [0.15, 0.2) is 0 Å². The summed E-state index contributed by atoms with van der Waals surface area (Å²) in [7, 11) is 1.98. The summed E-state index contributed by atoms with van der Waals surface area (Å²) in [6.45, 7) is 3.67. The number of nitrogens with one attached hydrogen (secondary N) is 2. The number of piperidine rings is 1. The predicted molar refractivity (Wildman–Crippen MR) is 93.2 cm³/mol. The summed E-state index contributed by atoms with van der Waals surface area (Å²) in [6, 6.07) is 6.54. The Kier molecular flexibility index (Phi) is 9.14. The number of carbonyl (C=O) groups excluding carboxylic acids is 1. The van der Waals surface area contributed by atoms with Gasteiger partial charge in [0.2, 0.25) is 5.91 Å². The number of hydrogen-bond acceptors (Lipinski definition) is 3. The van der Waals surface area contributed by atoms with Crippen LogP contribution in [-0.2, 0) is 11.3 Å². The number of nitrogens with zero attached hydrogens (tertiary/aromatic N) is 1. The van der Waals surface area contributed by atoms with Crippen LogP contribution < -0.4 is 10.6 Å². The molecule has 2 N–H and O–H groups in total. The summed E-state index contributed by atoms with van der Waals surface area (Å²) >= 11 is 0. The molecule has 0 aliphatic carbocycles. The molecular formula is C17H27ClFN3O. The van der Waals surface area contributed by atoms with Crippen molar-refractivity contribution in [3.63, 3.8) is 0 Å². The summed E-state index contributed by atoms with van der Waals surface area (Å²) < 4.78 is 13.5. The topological polar surface area (TPSA) is 44.4 Å². The van der Waals surface area contributed by atoms with Gasteiger partial charge in [-0.25, -0.2) is 4.39 Å². The van der Waals surface area contributed by atoms with E-state index in [9.17, 15) is 9.18 Å². The summed E-state index contributed by atoms with van der Waals surface area (Å²) in [6.07, 6.45) is 3.52. The van der Waals surface area contributed by atoms with Crippen LogP contribution >= 0.6 is 12.4 Å². The van der Waals surface area contributed by atoms with Gasteiger partial charge >= 0.3 is 0 Å². The van der Waals surface area contributed by atoms with Gasteiger partial charge in [0.25, 0.3) is 0 Å². The molecule has 0 spiro atoms. The van der Waals surface area contributed by atoms with Crippen LogP contribution in [0, 0.1) is 11.7 Å². The maximum absolute atomic E-state index is 13.5. The van der Waals surface area contributed by atoms with Crippen LogP contribution in [0.5, 0.6) is 0 Å². The van der Waals surface area contributed by atoms with Crippen LogP contribution in [0.15, 0.2) is 24.3 Å². The van der Waals surface area contributed by atoms with Crippen LogP contribution in [0.4, 0.5) is 4.39 Å². The lowest BCUT2D eigenvalue weighted by molar-refractivity contribution is -0.122. The van der Waals surface area contributed by atoms with Crippen molar-refractivity contribution in [2.24, 2.45) is 5.92 Å². The number of halogens is 2. The molecule has 1 aromatic rings. The first kappa shape index (κ1) is 19.9. The van der Waals surface area contributed by atoms with E-state index >= 15 is 0 Å². The highest BCUT2D eigenvalue weighted by Crippen LogP contribution is 2.19. The molecule has 1 aliphatic heterocycles. The largest absolute Gasteiger partial charge is 0.351 e. The van der Waals surface area contributed by atoms with Crippen LogP contribution in [0.2, 0.25) is 0 Å². The zero-order chi connectivity index (χ0) is 15.8. The fraction of sp³-hybridized carbons (Fsp3) is 0.588. The van der Waals surface area contributed by atoms with Crippen molar-refractivity contribution in [2.75, 3.05) is 33.2 Å². The van der Waals surface area contributed by atoms with Crippen LogP contribution in [0.1, 0.15) is 24.8 Å². The summed E-state index contributed by atoms with van der Waals surface area (Å²) in [5.74, 6) is 0.468. The smallest absolute Gasteiger partial charge is 0.234 e. The van der Waals surface area contributed by atoms with Crippen molar-refractivity contribution >= 4 is 18.3 Å². The number of rotatable bonds is 7. The Hall–Kier alpha value is -1.17. The van der Waals surface area contributed by atoms with Crippen LogP contribution in [0.3, 0.4) is 0 Å². The van der Waals surface area contributed by atoms with Gasteiger partial charge in [0, 0.05) is 12.1 Å². The van der Waals surface area contributed by atoms with E-state index in [-0.39, 0.29) is 30.7 Å². The van der Waals surface area contributed by atoms with Crippen molar-refractivity contribution in [1.29, 1.82) is 0 Å². The van der Waals surface area contributed by atoms with Crippen molar-refractivity contribution in [1.82, 2.24) is 15.5 Å². The molecule has 0 saturated carbocycles. The monoisotopic (exact) mass is 343 g/mol. The zero-order valence-corrected chi connectivity index (χ0v) is 14.5. The third kappa shape index (κ3) is 6.85. The standard InChI is InChI=1S/C17H26FN3O.ClH/c1-19-9-6-14-7-10-21(11-8-14)13-17(22)20-12-15-4-2-3-5-16(15)18;/h2-5,14,19H,6-13H2,1H3,(H,20,22);1H. The van der Waals surface area contributed by atoms with Crippen LogP contribution in [0.25, 0.3) is 0 Å². The van der Waals surface area contributed by atoms with E-state index in [1.165, 1.54) is 12.5 Å². The molecule has 1 aliphatic rings. The first-order valence-corrected chi connectivity index (χ1v) is 8.06. The molecule has 6 heteroatoms. The quantitative estimate of drug-likeness (QED) is 0.797. The molecule has 0 unspecified atom stereocenters. The molecule has 4 nitrogen and oxygen atoms in total. The van der Waals surface area contributed by atoms with Crippen LogP contribution in [-0.4, -0.2) is 44.0 Å². The minimum absolute atomic E-state index is 0. The molecular weight excluding hydrogens is 317 g/mol. The lowest BCUT2D eigenvalue weighted by Gasteiger charge is -2.31. The summed E-state index contributed by atoms with van der Waals surface area (Å²) in [5.41, 5.74) is 0.529. The lowest BCUT2D eigenvalue weighted by atomic mass is 9.93. The van der Waals surface area contributed by atoms with Crippen molar-refractivity contribution in [3.8, 4) is 0 Å². The summed E-state index contributed by atoms with van der Waals surface area (Å²) in [4.78, 5) is 14.2. The molecule has 0 atom stereocenters. The molecule has 2 rings (SSSR count). The molecule has 0 bridgehead atoms. The van der Waals surface area contributed by atoms with Crippen molar-refractivity contribution in [3.05, 3.63) is 35.6 Å². The maximum Gasteiger partial charge on any atom is 0.234 e. The van der Waals surface area contributed by atoms with Gasteiger partial charge in [-0.15, -0.1) is 12.4 Å². The Labute approximate surface area is 144 Å². The fourth-order valence-electron chi connectivity index (χ4n) is 2.88. The van der Waals surface area contributed by atoms with E-state index in [2.05, 4.69) is 15.5 Å². The van der Waals surface area contributed by atoms with Gasteiger partial charge in [-0.2, -0.15) is 0 Å². The fourth-order valence-corrected chi connectivity index (χ4v) is 2.88. The average molecular weight is 344 g/mol. The molecule has 1 fully saturated rings. The third-order valence-electron chi connectivity index (χ3n) is 4.31. The SMILES string of the molecule is CNCCC1CCN(CC(=O)NCc2ccccc2F)CC1.Cl. The highest BCUT2D eigenvalue weighted by atomic mass is 35.5. The molecule has 130 valence electrons. The van der Waals surface area contributed by atoms with E-state index < -0.39 is 0 Å². The van der Waals surface area contributed by atoms with E-state index in [1.54, 1.807) is 18.2 Å². The van der Waals surface area contributed by atoms with E-state index in [4.69, 9.17) is 0 Å². The minimum atomic E-state index is -0.270. The predicted octanol–water partition coefficient (Wildman–Crippen LogP) is 2.19. The first-order valence-electron chi connectivity index (χ1n) is 8.06. The second kappa shape index (κ2) is 10.6. The molecule has 0 aromatic heterocycles. The first-order chi connectivity index (χ1) is 10.7. The van der Waals surface area contributed by atoms with Gasteiger partial charge in [-0.3, -0.25) is 9.69 Å². The number of benzene rings is 1. The van der Waals surface area contributed by atoms with Gasteiger partial charge in [-0.05, 0) is 57.9 Å². The minimum Gasteiger partial charge on any atom is -0.351 e. The molecule has 23 heavy (non-hydrogen) atoms. The maximum atomic E-state index is 13.5. The number of carbonyl (C=O) groups is 1. The number of likely N-dealkylation sites (tertiary alicyclic amines) is 1. The molecule has 1 saturated heterocycles. The molecule has 1 heterocycles. The Morgan fingerprint density at radius 3 is 2.65 bits per heavy atom. The van der Waals surface area contributed by atoms with Gasteiger partial charge in [-0.1, -0.05) is 18.2 Å².